The van der Waals surface area contributed by atoms with Crippen LogP contribution in [0.4, 0.5) is 0 Å². The summed E-state index contributed by atoms with van der Waals surface area (Å²) in [6, 6.07) is 0. The zero-order valence-corrected chi connectivity index (χ0v) is 10.9. The molecular weight excluding hydrogens is 202 g/mol. The van der Waals surface area contributed by atoms with E-state index in [1.165, 1.54) is 58.2 Å². The lowest BCUT2D eigenvalue weighted by Gasteiger charge is -2.44. The summed E-state index contributed by atoms with van der Waals surface area (Å²) >= 11 is 4.55. The predicted octanol–water partition coefficient (Wildman–Crippen LogP) is 3.21. The minimum atomic E-state index is 0.594. The van der Waals surface area contributed by atoms with E-state index in [-0.39, 0.29) is 0 Å². The number of thiol groups is 1. The molecule has 1 atom stereocenters. The molecule has 1 saturated carbocycles. The van der Waals surface area contributed by atoms with Crippen LogP contribution in [0.2, 0.25) is 0 Å². The first-order valence-electron chi connectivity index (χ1n) is 6.57. The summed E-state index contributed by atoms with van der Waals surface area (Å²) in [5, 5.41) is 0. The van der Waals surface area contributed by atoms with Crippen molar-refractivity contribution in [1.82, 2.24) is 4.90 Å². The fraction of sp³-hybridized carbons (Fsp3) is 1.00. The second-order valence-electron chi connectivity index (χ2n) is 5.82. The number of rotatable bonds is 3. The summed E-state index contributed by atoms with van der Waals surface area (Å²) in [6.45, 7) is 6.39. The van der Waals surface area contributed by atoms with Gasteiger partial charge in [-0.25, -0.2) is 0 Å². The van der Waals surface area contributed by atoms with Crippen LogP contribution in [0.1, 0.15) is 45.4 Å². The SMILES string of the molecule is CC1CCCN(CC2(CS)CCC2)CC1. The molecule has 0 spiro atoms. The van der Waals surface area contributed by atoms with Gasteiger partial charge in [0, 0.05) is 6.54 Å². The van der Waals surface area contributed by atoms with E-state index < -0.39 is 0 Å². The van der Waals surface area contributed by atoms with Gasteiger partial charge in [-0.2, -0.15) is 12.6 Å². The molecule has 0 aromatic rings. The molecule has 0 aromatic heterocycles. The Balaban J connectivity index is 1.82. The van der Waals surface area contributed by atoms with Crippen LogP contribution in [0.3, 0.4) is 0 Å². The van der Waals surface area contributed by atoms with Crippen molar-refractivity contribution in [3.05, 3.63) is 0 Å². The molecule has 1 heterocycles. The molecule has 1 nitrogen and oxygen atoms in total. The summed E-state index contributed by atoms with van der Waals surface area (Å²) in [5.74, 6) is 2.04. The van der Waals surface area contributed by atoms with E-state index in [2.05, 4.69) is 24.5 Å². The van der Waals surface area contributed by atoms with E-state index in [1.807, 2.05) is 0 Å². The van der Waals surface area contributed by atoms with Gasteiger partial charge < -0.3 is 4.90 Å². The standard InChI is InChI=1S/C13H25NS/c1-12-4-2-8-14(9-5-12)10-13(11-15)6-3-7-13/h12,15H,2-11H2,1H3. The van der Waals surface area contributed by atoms with Gasteiger partial charge in [-0.1, -0.05) is 13.3 Å². The van der Waals surface area contributed by atoms with Crippen LogP contribution < -0.4 is 0 Å². The first kappa shape index (κ1) is 11.8. The van der Waals surface area contributed by atoms with Gasteiger partial charge >= 0.3 is 0 Å². The second kappa shape index (κ2) is 5.09. The summed E-state index contributed by atoms with van der Waals surface area (Å²) in [4.78, 5) is 2.71. The van der Waals surface area contributed by atoms with Crippen LogP contribution >= 0.6 is 12.6 Å². The molecule has 1 unspecified atom stereocenters. The van der Waals surface area contributed by atoms with Gasteiger partial charge in [-0.15, -0.1) is 0 Å². The van der Waals surface area contributed by atoms with Gasteiger partial charge in [-0.05, 0) is 62.3 Å². The molecule has 1 aliphatic carbocycles. The van der Waals surface area contributed by atoms with Crippen LogP contribution in [0.25, 0.3) is 0 Å². The monoisotopic (exact) mass is 227 g/mol. The average Bonchev–Trinajstić information content (AvgIpc) is 2.37. The Bertz CT molecular complexity index is 195. The van der Waals surface area contributed by atoms with Crippen LogP contribution in [0, 0.1) is 11.3 Å². The van der Waals surface area contributed by atoms with E-state index in [0.29, 0.717) is 5.41 Å². The summed E-state index contributed by atoms with van der Waals surface area (Å²) in [5.41, 5.74) is 0.594. The maximum absolute atomic E-state index is 4.55. The van der Waals surface area contributed by atoms with Crippen LogP contribution in [-0.2, 0) is 0 Å². The Morgan fingerprint density at radius 3 is 2.60 bits per heavy atom. The molecule has 88 valence electrons. The molecule has 15 heavy (non-hydrogen) atoms. The molecule has 1 aliphatic heterocycles. The molecule has 0 amide bonds. The molecule has 2 heteroatoms. The molecule has 1 saturated heterocycles. The third-order valence-corrected chi connectivity index (χ3v) is 5.09. The molecule has 2 fully saturated rings. The quantitative estimate of drug-likeness (QED) is 0.725. The Hall–Kier alpha value is 0.310. The Morgan fingerprint density at radius 1 is 1.20 bits per heavy atom. The van der Waals surface area contributed by atoms with Gasteiger partial charge in [0.25, 0.3) is 0 Å². The average molecular weight is 227 g/mol. The highest BCUT2D eigenvalue weighted by Crippen LogP contribution is 2.42. The van der Waals surface area contributed by atoms with Crippen molar-refractivity contribution in [2.45, 2.75) is 45.4 Å². The van der Waals surface area contributed by atoms with Crippen LogP contribution in [0.15, 0.2) is 0 Å². The van der Waals surface area contributed by atoms with Crippen LogP contribution in [-0.4, -0.2) is 30.3 Å². The smallest absolute Gasteiger partial charge is 0.00458 e. The van der Waals surface area contributed by atoms with E-state index in [9.17, 15) is 0 Å². The van der Waals surface area contributed by atoms with Gasteiger partial charge in [0.05, 0.1) is 0 Å². The van der Waals surface area contributed by atoms with Crippen LogP contribution in [0.5, 0.6) is 0 Å². The lowest BCUT2D eigenvalue weighted by molar-refractivity contribution is 0.0918. The molecule has 2 rings (SSSR count). The van der Waals surface area contributed by atoms with Crippen molar-refractivity contribution in [2.24, 2.45) is 11.3 Å². The zero-order valence-electron chi connectivity index (χ0n) is 10.0. The van der Waals surface area contributed by atoms with Gasteiger partial charge in [-0.3, -0.25) is 0 Å². The predicted molar refractivity (Wildman–Crippen MR) is 69.6 cm³/mol. The largest absolute Gasteiger partial charge is 0.303 e. The lowest BCUT2D eigenvalue weighted by atomic mass is 9.70. The Kier molecular flexibility index (Phi) is 4.00. The number of hydrogen-bond donors (Lipinski definition) is 1. The fourth-order valence-electron chi connectivity index (χ4n) is 3.00. The van der Waals surface area contributed by atoms with Crippen molar-refractivity contribution >= 4 is 12.6 Å². The minimum absolute atomic E-state index is 0.594. The Morgan fingerprint density at radius 2 is 2.00 bits per heavy atom. The van der Waals surface area contributed by atoms with Crippen molar-refractivity contribution in [1.29, 1.82) is 0 Å². The Labute approximate surface area is 100 Å². The molecule has 0 bridgehead atoms. The summed E-state index contributed by atoms with van der Waals surface area (Å²) in [6.07, 6.45) is 8.52. The van der Waals surface area contributed by atoms with Gasteiger partial charge in [0.1, 0.15) is 0 Å². The highest BCUT2D eigenvalue weighted by atomic mass is 32.1. The van der Waals surface area contributed by atoms with Crippen molar-refractivity contribution in [3.8, 4) is 0 Å². The summed E-state index contributed by atoms with van der Waals surface area (Å²) < 4.78 is 0. The van der Waals surface area contributed by atoms with Crippen molar-refractivity contribution in [2.75, 3.05) is 25.4 Å². The van der Waals surface area contributed by atoms with Gasteiger partial charge in [0.2, 0.25) is 0 Å². The van der Waals surface area contributed by atoms with E-state index in [0.717, 1.165) is 11.7 Å². The molecular formula is C13H25NS. The van der Waals surface area contributed by atoms with E-state index in [4.69, 9.17) is 0 Å². The first-order chi connectivity index (χ1) is 7.24. The third-order valence-electron chi connectivity index (χ3n) is 4.42. The molecule has 2 aliphatic rings. The maximum Gasteiger partial charge on any atom is 0.00458 e. The topological polar surface area (TPSA) is 3.24 Å². The molecule has 0 radical (unpaired) electrons. The first-order valence-corrected chi connectivity index (χ1v) is 7.21. The molecule has 0 aromatic carbocycles. The number of nitrogens with zero attached hydrogens (tertiary/aromatic N) is 1. The molecule has 0 N–H and O–H groups in total. The normalized spacial score (nSPS) is 32.0. The fourth-order valence-corrected chi connectivity index (χ4v) is 3.41. The number of likely N-dealkylation sites (tertiary alicyclic amines) is 1. The van der Waals surface area contributed by atoms with Crippen molar-refractivity contribution < 1.29 is 0 Å². The van der Waals surface area contributed by atoms with E-state index >= 15 is 0 Å². The van der Waals surface area contributed by atoms with E-state index in [1.54, 1.807) is 0 Å². The maximum atomic E-state index is 4.55. The van der Waals surface area contributed by atoms with Crippen molar-refractivity contribution in [3.63, 3.8) is 0 Å². The highest BCUT2D eigenvalue weighted by molar-refractivity contribution is 7.80. The number of hydrogen-bond acceptors (Lipinski definition) is 2. The third kappa shape index (κ3) is 2.91. The minimum Gasteiger partial charge on any atom is -0.303 e. The second-order valence-corrected chi connectivity index (χ2v) is 6.14. The highest BCUT2D eigenvalue weighted by Gasteiger charge is 2.37. The van der Waals surface area contributed by atoms with Gasteiger partial charge in [0.15, 0.2) is 0 Å². The summed E-state index contributed by atoms with van der Waals surface area (Å²) in [7, 11) is 0. The zero-order chi connectivity index (χ0) is 10.7. The lowest BCUT2D eigenvalue weighted by Crippen LogP contribution is -2.44.